The first-order chi connectivity index (χ1) is 7.80. The highest BCUT2D eigenvalue weighted by Gasteiger charge is 2.24. The molecule has 6 heteroatoms. The zero-order chi connectivity index (χ0) is 13.5. The van der Waals surface area contributed by atoms with Gasteiger partial charge in [-0.25, -0.2) is 10.3 Å². The van der Waals surface area contributed by atoms with Crippen LogP contribution in [0.1, 0.15) is 47.0 Å². The van der Waals surface area contributed by atoms with Crippen LogP contribution in [-0.4, -0.2) is 28.9 Å². The van der Waals surface area contributed by atoms with Crippen LogP contribution in [0.4, 0.5) is 4.79 Å². The molecule has 0 rings (SSSR count). The number of carbonyl (C=O) groups excluding carboxylic acids is 2. The second-order valence-corrected chi connectivity index (χ2v) is 4.89. The van der Waals surface area contributed by atoms with Gasteiger partial charge in [-0.05, 0) is 33.6 Å². The first-order valence-electron chi connectivity index (χ1n) is 5.73. The van der Waals surface area contributed by atoms with E-state index in [0.29, 0.717) is 6.42 Å². The van der Waals surface area contributed by atoms with Gasteiger partial charge in [0.05, 0.1) is 0 Å². The van der Waals surface area contributed by atoms with E-state index in [1.54, 1.807) is 20.8 Å². The Kier molecular flexibility index (Phi) is 6.57. The molecule has 0 bridgehead atoms. The van der Waals surface area contributed by atoms with E-state index >= 15 is 0 Å². The molecule has 0 saturated carbocycles. The largest absolute Gasteiger partial charge is 0.436 e. The fourth-order valence-corrected chi connectivity index (χ4v) is 1.17. The zero-order valence-electron chi connectivity index (χ0n) is 10.9. The normalized spacial score (nSPS) is 12.8. The van der Waals surface area contributed by atoms with Gasteiger partial charge in [-0.1, -0.05) is 13.3 Å². The van der Waals surface area contributed by atoms with Gasteiger partial charge in [-0.3, -0.25) is 10.0 Å². The van der Waals surface area contributed by atoms with Gasteiger partial charge in [-0.2, -0.15) is 0 Å². The Balaban J connectivity index is 4.32. The number of hydroxylamine groups is 1. The lowest BCUT2D eigenvalue weighted by Crippen LogP contribution is -2.45. The summed E-state index contributed by atoms with van der Waals surface area (Å²) in [5.41, 5.74) is 1.07. The highest BCUT2D eigenvalue weighted by molar-refractivity contribution is 5.82. The molecule has 0 aromatic carbocycles. The molecule has 17 heavy (non-hydrogen) atoms. The molecule has 0 saturated heterocycles. The molecule has 0 heterocycles. The molecule has 1 atom stereocenters. The van der Waals surface area contributed by atoms with Crippen molar-refractivity contribution >= 4 is 12.0 Å². The Morgan fingerprint density at radius 2 is 1.94 bits per heavy atom. The van der Waals surface area contributed by atoms with Gasteiger partial charge >= 0.3 is 6.09 Å². The van der Waals surface area contributed by atoms with E-state index in [1.165, 1.54) is 5.48 Å². The number of unbranched alkanes of at least 4 members (excludes halogenated alkanes) is 1. The average Bonchev–Trinajstić information content (AvgIpc) is 2.20. The molecule has 0 radical (unpaired) electrons. The van der Waals surface area contributed by atoms with Crippen molar-refractivity contribution in [1.82, 2.24) is 10.8 Å². The summed E-state index contributed by atoms with van der Waals surface area (Å²) in [5.74, 6) is -0.706. The lowest BCUT2D eigenvalue weighted by molar-refractivity contribution is -0.138. The summed E-state index contributed by atoms with van der Waals surface area (Å²) in [6.07, 6.45) is 0.380. The van der Waals surface area contributed by atoms with E-state index in [9.17, 15) is 9.59 Å². The Morgan fingerprint density at radius 1 is 1.35 bits per heavy atom. The van der Waals surface area contributed by atoms with Crippen LogP contribution < -0.4 is 10.8 Å². The van der Waals surface area contributed by atoms with E-state index in [2.05, 4.69) is 5.32 Å². The average molecular weight is 246 g/mol. The summed E-state index contributed by atoms with van der Waals surface area (Å²) >= 11 is 0. The van der Waals surface area contributed by atoms with Gasteiger partial charge in [-0.15, -0.1) is 0 Å². The number of nitrogens with one attached hydrogen (secondary N) is 2. The van der Waals surface area contributed by atoms with Gasteiger partial charge in [0.2, 0.25) is 0 Å². The molecule has 1 unspecified atom stereocenters. The number of amides is 2. The highest BCUT2D eigenvalue weighted by atomic mass is 16.6. The van der Waals surface area contributed by atoms with Crippen molar-refractivity contribution in [1.29, 1.82) is 0 Å². The van der Waals surface area contributed by atoms with Crippen LogP contribution in [0.15, 0.2) is 0 Å². The van der Waals surface area contributed by atoms with E-state index in [4.69, 9.17) is 9.94 Å². The van der Waals surface area contributed by atoms with Crippen molar-refractivity contribution in [2.45, 2.75) is 58.6 Å². The number of hydrogen-bond donors (Lipinski definition) is 3. The summed E-state index contributed by atoms with van der Waals surface area (Å²) in [6.45, 7) is 7.38. The number of hydrogen-bond acceptors (Lipinski definition) is 4. The monoisotopic (exact) mass is 246 g/mol. The van der Waals surface area contributed by atoms with Gasteiger partial charge in [0.15, 0.2) is 6.10 Å². The van der Waals surface area contributed by atoms with Crippen LogP contribution >= 0.6 is 0 Å². The van der Waals surface area contributed by atoms with Crippen LogP contribution in [0.25, 0.3) is 0 Å². The summed E-state index contributed by atoms with van der Waals surface area (Å²) in [7, 11) is 0. The van der Waals surface area contributed by atoms with Gasteiger partial charge in [0.25, 0.3) is 5.91 Å². The fourth-order valence-electron chi connectivity index (χ4n) is 1.17. The van der Waals surface area contributed by atoms with Crippen molar-refractivity contribution in [3.8, 4) is 0 Å². The molecule has 0 spiro atoms. The number of rotatable bonds is 5. The molecular formula is C11H22N2O4. The van der Waals surface area contributed by atoms with Crippen molar-refractivity contribution in [3.63, 3.8) is 0 Å². The Bertz CT molecular complexity index is 261. The minimum atomic E-state index is -0.956. The van der Waals surface area contributed by atoms with E-state index in [1.807, 2.05) is 6.92 Å². The van der Waals surface area contributed by atoms with Gasteiger partial charge < -0.3 is 10.1 Å². The number of alkyl carbamates (subject to hydrolysis) is 1. The van der Waals surface area contributed by atoms with Crippen LogP contribution in [-0.2, 0) is 9.53 Å². The Morgan fingerprint density at radius 3 is 2.35 bits per heavy atom. The smallest absolute Gasteiger partial charge is 0.408 e. The third-order valence-corrected chi connectivity index (χ3v) is 1.95. The summed E-state index contributed by atoms with van der Waals surface area (Å²) in [5, 5.41) is 11.1. The lowest BCUT2D eigenvalue weighted by atomic mass is 10.1. The molecule has 3 N–H and O–H groups in total. The minimum absolute atomic E-state index is 0.389. The Hall–Kier alpha value is -1.30. The third-order valence-electron chi connectivity index (χ3n) is 1.95. The molecule has 0 fully saturated rings. The van der Waals surface area contributed by atoms with Crippen LogP contribution in [0.2, 0.25) is 0 Å². The van der Waals surface area contributed by atoms with E-state index in [-0.39, 0.29) is 0 Å². The van der Waals surface area contributed by atoms with Crippen molar-refractivity contribution in [3.05, 3.63) is 0 Å². The predicted octanol–water partition coefficient (Wildman–Crippen LogP) is 1.58. The second-order valence-electron chi connectivity index (χ2n) is 4.89. The van der Waals surface area contributed by atoms with Crippen LogP contribution in [0.3, 0.4) is 0 Å². The van der Waals surface area contributed by atoms with Crippen LogP contribution in [0.5, 0.6) is 0 Å². The van der Waals surface area contributed by atoms with Gasteiger partial charge in [0, 0.05) is 5.54 Å². The molecule has 6 nitrogen and oxygen atoms in total. The zero-order valence-corrected chi connectivity index (χ0v) is 10.9. The predicted molar refractivity (Wildman–Crippen MR) is 62.6 cm³/mol. The van der Waals surface area contributed by atoms with E-state index in [0.717, 1.165) is 12.8 Å². The molecule has 0 aliphatic heterocycles. The standard InChI is InChI=1S/C11H22N2O4/c1-5-6-7-8(9(14)13-16)17-10(15)12-11(2,3)4/h8,16H,5-7H2,1-4H3,(H,12,15)(H,13,14). The summed E-state index contributed by atoms with van der Waals surface area (Å²) in [4.78, 5) is 22.7. The lowest BCUT2D eigenvalue weighted by Gasteiger charge is -2.22. The molecule has 0 aliphatic carbocycles. The molecule has 0 aromatic heterocycles. The third kappa shape index (κ3) is 7.57. The first-order valence-corrected chi connectivity index (χ1v) is 5.73. The van der Waals surface area contributed by atoms with Crippen molar-refractivity contribution < 1.29 is 19.5 Å². The summed E-state index contributed by atoms with van der Waals surface area (Å²) < 4.78 is 4.96. The quantitative estimate of drug-likeness (QED) is 0.507. The maximum Gasteiger partial charge on any atom is 0.408 e. The summed E-state index contributed by atoms with van der Waals surface area (Å²) in [6, 6.07) is 0. The maximum atomic E-state index is 11.5. The van der Waals surface area contributed by atoms with Gasteiger partial charge in [0.1, 0.15) is 0 Å². The maximum absolute atomic E-state index is 11.5. The Labute approximate surface area is 102 Å². The fraction of sp³-hybridized carbons (Fsp3) is 0.818. The first kappa shape index (κ1) is 15.7. The second kappa shape index (κ2) is 7.11. The van der Waals surface area contributed by atoms with Crippen molar-refractivity contribution in [2.24, 2.45) is 0 Å². The number of ether oxygens (including phenoxy) is 1. The van der Waals surface area contributed by atoms with Crippen molar-refractivity contribution in [2.75, 3.05) is 0 Å². The topological polar surface area (TPSA) is 87.7 Å². The molecule has 0 aromatic rings. The molecule has 0 aliphatic rings. The van der Waals surface area contributed by atoms with Crippen LogP contribution in [0, 0.1) is 0 Å². The highest BCUT2D eigenvalue weighted by Crippen LogP contribution is 2.07. The minimum Gasteiger partial charge on any atom is -0.436 e. The van der Waals surface area contributed by atoms with E-state index < -0.39 is 23.6 Å². The SMILES string of the molecule is CCCCC(OC(=O)NC(C)(C)C)C(=O)NO. The molecule has 100 valence electrons. The molecule has 2 amide bonds. The number of carbonyl (C=O) groups is 2. The molecular weight excluding hydrogens is 224 g/mol.